The smallest absolute Gasteiger partial charge is 0.254 e. The molecule has 2 N–H and O–H groups in total. The third-order valence-corrected chi connectivity index (χ3v) is 7.48. The molecule has 2 aliphatic rings. The number of carbonyl (C=O) groups excluding carboxylic acids is 1. The molecule has 5 rings (SSSR count). The Kier molecular flexibility index (Phi) is 5.92. The molecule has 1 aromatic heterocycles. The fourth-order valence-corrected chi connectivity index (χ4v) is 5.20. The van der Waals surface area contributed by atoms with Gasteiger partial charge < -0.3 is 15.2 Å². The first-order chi connectivity index (χ1) is 16.0. The fraction of sp³-hybridized carbons (Fsp3) is 0.444. The monoisotopic (exact) mass is 443 g/mol. The second-order valence-corrected chi connectivity index (χ2v) is 9.58. The van der Waals surface area contributed by atoms with Crippen LogP contribution in [-0.2, 0) is 0 Å². The molecule has 2 fully saturated rings. The zero-order chi connectivity index (χ0) is 22.9. The zero-order valence-electron chi connectivity index (χ0n) is 19.8. The summed E-state index contributed by atoms with van der Waals surface area (Å²) in [4.78, 5) is 18.9. The van der Waals surface area contributed by atoms with E-state index >= 15 is 0 Å². The first-order valence-corrected chi connectivity index (χ1v) is 12.1. The molecule has 1 aliphatic carbocycles. The molecule has 0 radical (unpaired) electrons. The van der Waals surface area contributed by atoms with E-state index in [1.807, 2.05) is 18.9 Å². The highest BCUT2D eigenvalue weighted by Crippen LogP contribution is 2.42. The van der Waals surface area contributed by atoms with Crippen LogP contribution in [0.15, 0.2) is 36.4 Å². The SMILES string of the molecule is CNc1ccc(C2CCN(C(=O)c3cc(-c4nnc(C)[nH]4)c(C4CCC4)cc3C)CC2)cc1. The summed E-state index contributed by atoms with van der Waals surface area (Å²) < 4.78 is 0. The maximum Gasteiger partial charge on any atom is 0.254 e. The number of piperidine rings is 1. The van der Waals surface area contributed by atoms with Crippen molar-refractivity contribution in [3.8, 4) is 11.4 Å². The fourth-order valence-electron chi connectivity index (χ4n) is 5.20. The highest BCUT2D eigenvalue weighted by Gasteiger charge is 2.29. The number of aromatic amines is 1. The first-order valence-electron chi connectivity index (χ1n) is 12.1. The molecule has 3 aromatic rings. The minimum absolute atomic E-state index is 0.133. The molecule has 0 unspecified atom stereocenters. The number of amides is 1. The topological polar surface area (TPSA) is 73.9 Å². The van der Waals surface area contributed by atoms with E-state index in [1.54, 1.807) is 0 Å². The van der Waals surface area contributed by atoms with Gasteiger partial charge in [-0.25, -0.2) is 0 Å². The van der Waals surface area contributed by atoms with Crippen molar-refractivity contribution in [2.45, 2.75) is 57.8 Å². The molecule has 1 amide bonds. The van der Waals surface area contributed by atoms with Crippen molar-refractivity contribution >= 4 is 11.6 Å². The minimum Gasteiger partial charge on any atom is -0.388 e. The maximum atomic E-state index is 13.6. The van der Waals surface area contributed by atoms with Crippen molar-refractivity contribution in [2.24, 2.45) is 0 Å². The number of likely N-dealkylation sites (tertiary alicyclic amines) is 1. The summed E-state index contributed by atoms with van der Waals surface area (Å²) in [6.45, 7) is 5.56. The van der Waals surface area contributed by atoms with Crippen molar-refractivity contribution in [1.29, 1.82) is 0 Å². The highest BCUT2D eigenvalue weighted by molar-refractivity contribution is 5.97. The lowest BCUT2D eigenvalue weighted by Crippen LogP contribution is -2.38. The van der Waals surface area contributed by atoms with Crippen molar-refractivity contribution in [2.75, 3.05) is 25.5 Å². The standard InChI is InChI=1S/C27H33N5O/c1-17-15-24(21-5-4-6-21)25(26-29-18(2)30-31-26)16-23(17)27(33)32-13-11-20(12-14-32)19-7-9-22(28-3)10-8-19/h7-10,15-16,20-21,28H,4-6,11-14H2,1-3H3,(H,29,30,31). The van der Waals surface area contributed by atoms with E-state index in [-0.39, 0.29) is 5.91 Å². The van der Waals surface area contributed by atoms with Gasteiger partial charge in [0.2, 0.25) is 0 Å². The number of H-pyrrole nitrogens is 1. The van der Waals surface area contributed by atoms with Crippen LogP contribution in [0, 0.1) is 13.8 Å². The summed E-state index contributed by atoms with van der Waals surface area (Å²) in [5.74, 6) is 2.76. The summed E-state index contributed by atoms with van der Waals surface area (Å²) in [5, 5.41) is 11.7. The average Bonchev–Trinajstić information content (AvgIpc) is 3.24. The van der Waals surface area contributed by atoms with Gasteiger partial charge in [0.05, 0.1) is 0 Å². The summed E-state index contributed by atoms with van der Waals surface area (Å²) in [6, 6.07) is 13.0. The highest BCUT2D eigenvalue weighted by atomic mass is 16.2. The van der Waals surface area contributed by atoms with Gasteiger partial charge >= 0.3 is 0 Å². The Morgan fingerprint density at radius 3 is 2.30 bits per heavy atom. The van der Waals surface area contributed by atoms with Crippen LogP contribution in [0.1, 0.15) is 76.8 Å². The summed E-state index contributed by atoms with van der Waals surface area (Å²) in [6.07, 6.45) is 5.67. The van der Waals surface area contributed by atoms with Gasteiger partial charge in [0, 0.05) is 37.0 Å². The molecule has 6 heteroatoms. The quantitative estimate of drug-likeness (QED) is 0.552. The number of benzene rings is 2. The van der Waals surface area contributed by atoms with E-state index in [4.69, 9.17) is 0 Å². The van der Waals surface area contributed by atoms with Crippen molar-refractivity contribution < 1.29 is 4.79 Å². The lowest BCUT2D eigenvalue weighted by molar-refractivity contribution is 0.0712. The zero-order valence-corrected chi connectivity index (χ0v) is 19.8. The Morgan fingerprint density at radius 1 is 1.00 bits per heavy atom. The molecule has 2 heterocycles. The third-order valence-electron chi connectivity index (χ3n) is 7.48. The second-order valence-electron chi connectivity index (χ2n) is 9.58. The lowest BCUT2D eigenvalue weighted by atomic mass is 9.77. The van der Waals surface area contributed by atoms with Gasteiger partial charge in [0.1, 0.15) is 5.82 Å². The number of aryl methyl sites for hydroxylation is 2. The largest absolute Gasteiger partial charge is 0.388 e. The molecule has 1 aliphatic heterocycles. The number of aromatic nitrogens is 3. The predicted molar refractivity (Wildman–Crippen MR) is 132 cm³/mol. The number of hydrogen-bond donors (Lipinski definition) is 2. The maximum absolute atomic E-state index is 13.6. The van der Waals surface area contributed by atoms with Gasteiger partial charge in [0.15, 0.2) is 5.82 Å². The van der Waals surface area contributed by atoms with Gasteiger partial charge in [0.25, 0.3) is 5.91 Å². The Labute approximate surface area is 195 Å². The van der Waals surface area contributed by atoms with Crippen LogP contribution in [0.3, 0.4) is 0 Å². The summed E-state index contributed by atoms with van der Waals surface area (Å²) >= 11 is 0. The number of nitrogens with one attached hydrogen (secondary N) is 2. The van der Waals surface area contributed by atoms with Crippen LogP contribution < -0.4 is 5.32 Å². The van der Waals surface area contributed by atoms with Crippen LogP contribution in [-0.4, -0.2) is 46.1 Å². The molecule has 0 atom stereocenters. The third kappa shape index (κ3) is 4.26. The van der Waals surface area contributed by atoms with E-state index in [9.17, 15) is 4.79 Å². The van der Waals surface area contributed by atoms with E-state index in [0.29, 0.717) is 11.8 Å². The molecule has 1 saturated heterocycles. The van der Waals surface area contributed by atoms with Gasteiger partial charge in [-0.15, -0.1) is 10.2 Å². The average molecular weight is 444 g/mol. The molecular weight excluding hydrogens is 410 g/mol. The molecule has 6 nitrogen and oxygen atoms in total. The molecule has 0 bridgehead atoms. The van der Waals surface area contributed by atoms with Crippen LogP contribution >= 0.6 is 0 Å². The molecule has 172 valence electrons. The molecule has 1 saturated carbocycles. The Hall–Kier alpha value is -3.15. The van der Waals surface area contributed by atoms with Crippen LogP contribution in [0.4, 0.5) is 5.69 Å². The number of hydrogen-bond acceptors (Lipinski definition) is 4. The molecule has 0 spiro atoms. The summed E-state index contributed by atoms with van der Waals surface area (Å²) in [5.41, 5.74) is 6.68. The molecule has 2 aromatic carbocycles. The van der Waals surface area contributed by atoms with Crippen LogP contribution in [0.25, 0.3) is 11.4 Å². The lowest BCUT2D eigenvalue weighted by Gasteiger charge is -2.33. The first kappa shape index (κ1) is 21.7. The number of rotatable bonds is 5. The van der Waals surface area contributed by atoms with E-state index in [2.05, 4.69) is 63.8 Å². The van der Waals surface area contributed by atoms with Crippen molar-refractivity contribution in [3.63, 3.8) is 0 Å². The minimum atomic E-state index is 0.133. The number of carbonyl (C=O) groups is 1. The molecule has 33 heavy (non-hydrogen) atoms. The van der Waals surface area contributed by atoms with Crippen molar-refractivity contribution in [1.82, 2.24) is 20.1 Å². The van der Waals surface area contributed by atoms with Gasteiger partial charge in [-0.3, -0.25) is 4.79 Å². The van der Waals surface area contributed by atoms with E-state index in [0.717, 1.165) is 60.0 Å². The number of anilines is 1. The van der Waals surface area contributed by atoms with Crippen LogP contribution in [0.5, 0.6) is 0 Å². The van der Waals surface area contributed by atoms with Gasteiger partial charge in [-0.2, -0.15) is 0 Å². The summed E-state index contributed by atoms with van der Waals surface area (Å²) in [7, 11) is 1.94. The Morgan fingerprint density at radius 2 is 1.73 bits per heavy atom. The number of nitrogens with zero attached hydrogens (tertiary/aromatic N) is 3. The van der Waals surface area contributed by atoms with Crippen LogP contribution in [0.2, 0.25) is 0 Å². The van der Waals surface area contributed by atoms with Gasteiger partial charge in [-0.1, -0.05) is 24.6 Å². The Bertz CT molecular complexity index is 1140. The second kappa shape index (κ2) is 9.00. The van der Waals surface area contributed by atoms with E-state index in [1.165, 1.54) is 30.4 Å². The molecular formula is C27H33N5O. The predicted octanol–water partition coefficient (Wildman–Crippen LogP) is 5.42. The van der Waals surface area contributed by atoms with Crippen molar-refractivity contribution in [3.05, 3.63) is 64.5 Å². The normalized spacial score (nSPS) is 17.1. The van der Waals surface area contributed by atoms with E-state index < -0.39 is 0 Å². The Balaban J connectivity index is 1.36. The van der Waals surface area contributed by atoms with Gasteiger partial charge in [-0.05, 0) is 86.3 Å².